The van der Waals surface area contributed by atoms with E-state index in [9.17, 15) is 15.0 Å². The molecule has 1 amide bonds. The molecule has 3 aliphatic rings. The molecule has 0 unspecified atom stereocenters. The molecule has 3 N–H and O–H groups in total. The molecule has 368 valence electrons. The van der Waals surface area contributed by atoms with Gasteiger partial charge >= 0.3 is 0 Å². The molecule has 8 aromatic rings. The summed E-state index contributed by atoms with van der Waals surface area (Å²) in [6.45, 7) is 6.72. The summed E-state index contributed by atoms with van der Waals surface area (Å²) in [7, 11) is 1.69. The summed E-state index contributed by atoms with van der Waals surface area (Å²) in [4.78, 5) is 13.6. The zero-order valence-corrected chi connectivity index (χ0v) is 43.2. The minimum atomic E-state index is -1.14. The number of ether oxygens (including phenoxy) is 2. The predicted molar refractivity (Wildman–Crippen MR) is 299 cm³/mol. The van der Waals surface area contributed by atoms with Gasteiger partial charge in [0.25, 0.3) is 5.91 Å². The minimum absolute atomic E-state index is 0.135. The van der Waals surface area contributed by atoms with E-state index in [4.69, 9.17) is 32.7 Å². The normalized spacial score (nSPS) is 17.1. The van der Waals surface area contributed by atoms with Crippen molar-refractivity contribution in [2.45, 2.75) is 89.1 Å². The fraction of sp³-hybridized carbons (Fsp3) is 0.246. The molecule has 0 radical (unpaired) electrons. The Morgan fingerprint density at radius 3 is 1.96 bits per heavy atom. The molecule has 1 heterocycles. The predicted octanol–water partition coefficient (Wildman–Crippen LogP) is 17.7. The highest BCUT2D eigenvalue weighted by Gasteiger charge is 2.45. The van der Waals surface area contributed by atoms with Crippen molar-refractivity contribution in [1.82, 2.24) is 0 Å². The van der Waals surface area contributed by atoms with E-state index in [2.05, 4.69) is 68.6 Å². The molecule has 8 aromatic carbocycles. The lowest BCUT2D eigenvalue weighted by molar-refractivity contribution is 0.102. The number of carbonyl (C=O) groups excluding carboxylic acids is 1. The third kappa shape index (κ3) is 8.83. The van der Waals surface area contributed by atoms with Gasteiger partial charge in [-0.3, -0.25) is 4.79 Å². The number of unbranched alkanes of at least 4 members (excludes halogenated alkanes) is 2. The van der Waals surface area contributed by atoms with E-state index in [0.717, 1.165) is 77.9 Å². The number of anilines is 1. The summed E-state index contributed by atoms with van der Waals surface area (Å²) in [6, 6.07) is 46.8. The molecular weight excluding hydrogens is 946 g/mol. The maximum atomic E-state index is 13.6. The first kappa shape index (κ1) is 48.3. The van der Waals surface area contributed by atoms with Crippen LogP contribution in [0, 0.1) is 5.92 Å². The lowest BCUT2D eigenvalue weighted by Crippen LogP contribution is -2.35. The molecule has 0 bridgehead atoms. The number of rotatable bonds is 12. The number of phenolic OH excluding ortho intramolecular Hbond substituents is 2. The van der Waals surface area contributed by atoms with Crippen LogP contribution < -0.4 is 14.8 Å². The molecule has 2 aliphatic carbocycles. The van der Waals surface area contributed by atoms with Gasteiger partial charge in [0.05, 0.1) is 12.1 Å². The fourth-order valence-corrected chi connectivity index (χ4v) is 12.6. The molecule has 0 saturated heterocycles. The van der Waals surface area contributed by atoms with Crippen molar-refractivity contribution < 1.29 is 24.5 Å². The van der Waals surface area contributed by atoms with Crippen LogP contribution in [-0.2, 0) is 11.0 Å². The van der Waals surface area contributed by atoms with Crippen LogP contribution in [0.2, 0.25) is 10.0 Å². The Kier molecular flexibility index (Phi) is 12.9. The Balaban J connectivity index is 0.870. The van der Waals surface area contributed by atoms with Crippen LogP contribution in [0.4, 0.5) is 5.69 Å². The van der Waals surface area contributed by atoms with Gasteiger partial charge in [-0.2, -0.15) is 0 Å². The number of aromatic hydroxyl groups is 2. The van der Waals surface area contributed by atoms with Crippen LogP contribution in [0.5, 0.6) is 23.0 Å². The van der Waals surface area contributed by atoms with E-state index in [0.29, 0.717) is 38.7 Å². The average molecular weight is 1010 g/mol. The van der Waals surface area contributed by atoms with Crippen molar-refractivity contribution in [2.75, 3.05) is 12.4 Å². The van der Waals surface area contributed by atoms with Gasteiger partial charge in [-0.05, 0) is 166 Å². The molecule has 11 rings (SSSR count). The summed E-state index contributed by atoms with van der Waals surface area (Å²) < 4.78 is 13.5. The Morgan fingerprint density at radius 1 is 0.726 bits per heavy atom. The van der Waals surface area contributed by atoms with Crippen molar-refractivity contribution >= 4 is 51.6 Å². The van der Waals surface area contributed by atoms with Gasteiger partial charge in [-0.1, -0.05) is 149 Å². The Hall–Kier alpha value is -6.99. The van der Waals surface area contributed by atoms with Gasteiger partial charge < -0.3 is 25.0 Å². The Labute approximate surface area is 438 Å². The average Bonchev–Trinajstić information content (AvgIpc) is 3.65. The van der Waals surface area contributed by atoms with Gasteiger partial charge in [0.1, 0.15) is 23.0 Å². The van der Waals surface area contributed by atoms with E-state index >= 15 is 0 Å². The third-order valence-corrected chi connectivity index (χ3v) is 16.5. The number of halogens is 2. The number of hydrogen-bond acceptors (Lipinski definition) is 5. The maximum Gasteiger partial charge on any atom is 0.255 e. The van der Waals surface area contributed by atoms with Crippen LogP contribution in [-0.4, -0.2) is 23.2 Å². The smallest absolute Gasteiger partial charge is 0.255 e. The third-order valence-electron chi connectivity index (χ3n) is 15.9. The molecule has 73 heavy (non-hydrogen) atoms. The van der Waals surface area contributed by atoms with Gasteiger partial charge in [-0.25, -0.2) is 0 Å². The van der Waals surface area contributed by atoms with E-state index in [1.165, 1.54) is 56.9 Å². The SMILES string of the molecule is CCCCCC1CCC(c2ccc(-c3ccc(C(=O)Nc4ccc(-c5cc6c(cc5OC)C(C)(C)c5c7c(c8c(Cl)cc(Cl)cc8c5-6)OC(c5ccc(O)cc5)(c5ccc(O)cc5)C=C7)cc4)cc3)cc2)CC1. The van der Waals surface area contributed by atoms with E-state index in [1.54, 1.807) is 37.4 Å². The first-order valence-corrected chi connectivity index (χ1v) is 26.4. The lowest BCUT2D eigenvalue weighted by Gasteiger charge is -2.38. The highest BCUT2D eigenvalue weighted by Crippen LogP contribution is 2.60. The lowest BCUT2D eigenvalue weighted by atomic mass is 9.76. The van der Waals surface area contributed by atoms with Gasteiger partial charge in [0, 0.05) is 49.3 Å². The zero-order valence-electron chi connectivity index (χ0n) is 41.7. The van der Waals surface area contributed by atoms with Crippen LogP contribution in [0.1, 0.15) is 122 Å². The summed E-state index contributed by atoms with van der Waals surface area (Å²) in [5.74, 6) is 2.97. The van der Waals surface area contributed by atoms with E-state index < -0.39 is 11.0 Å². The first-order chi connectivity index (χ1) is 35.3. The summed E-state index contributed by atoms with van der Waals surface area (Å²) in [5.41, 5.74) is 11.7. The van der Waals surface area contributed by atoms with Crippen LogP contribution in [0.25, 0.3) is 50.2 Å². The van der Waals surface area contributed by atoms with Crippen molar-refractivity contribution in [2.24, 2.45) is 5.92 Å². The van der Waals surface area contributed by atoms with E-state index in [1.807, 2.05) is 84.9 Å². The van der Waals surface area contributed by atoms with Gasteiger partial charge in [0.2, 0.25) is 0 Å². The molecule has 8 heteroatoms. The Bertz CT molecular complexity index is 3360. The number of phenols is 2. The second-order valence-electron chi connectivity index (χ2n) is 20.7. The van der Waals surface area contributed by atoms with Crippen LogP contribution >= 0.6 is 23.2 Å². The standard InChI is InChI=1S/C65H59Cl2NO5/c1-5-6-7-8-39-9-11-40(12-10-39)41-13-15-42(16-14-41)43-17-19-45(20-18-43)63(71)68-49-27-21-44(22-28-49)53-37-54-56(38-58(53)72-4)64(2,3)61-52-33-34-65(46-23-29-50(69)30-24-46,47-25-31-51(70)32-26-47)73-62(52)60-55(59(54)61)35-48(66)36-57(60)67/h13-40,69-70H,5-12H2,1-4H3,(H,68,71). The van der Waals surface area contributed by atoms with Crippen LogP contribution in [0.3, 0.4) is 0 Å². The minimum Gasteiger partial charge on any atom is -0.508 e. The summed E-state index contributed by atoms with van der Waals surface area (Å²) in [5, 5.41) is 26.2. The van der Waals surface area contributed by atoms with Crippen molar-refractivity contribution in [3.05, 3.63) is 201 Å². The van der Waals surface area contributed by atoms with Crippen LogP contribution in [0.15, 0.2) is 152 Å². The number of benzene rings is 8. The highest BCUT2D eigenvalue weighted by molar-refractivity contribution is 6.40. The fourth-order valence-electron chi connectivity index (χ4n) is 12.0. The Morgan fingerprint density at radius 2 is 1.34 bits per heavy atom. The molecule has 0 aromatic heterocycles. The number of methoxy groups -OCH3 is 1. The molecular formula is C65H59Cl2NO5. The maximum absolute atomic E-state index is 13.6. The van der Waals surface area contributed by atoms with Gasteiger partial charge in [-0.15, -0.1) is 0 Å². The molecule has 1 aliphatic heterocycles. The molecule has 0 spiro atoms. The van der Waals surface area contributed by atoms with Crippen molar-refractivity contribution in [3.8, 4) is 56.4 Å². The summed E-state index contributed by atoms with van der Waals surface area (Å²) >= 11 is 14.1. The largest absolute Gasteiger partial charge is 0.508 e. The monoisotopic (exact) mass is 1000 g/mol. The number of hydrogen-bond donors (Lipinski definition) is 3. The second kappa shape index (κ2) is 19.5. The van der Waals surface area contributed by atoms with E-state index in [-0.39, 0.29) is 17.4 Å². The zero-order chi connectivity index (χ0) is 50.6. The van der Waals surface area contributed by atoms with Gasteiger partial charge in [0.15, 0.2) is 5.60 Å². The highest BCUT2D eigenvalue weighted by atomic mass is 35.5. The van der Waals surface area contributed by atoms with Crippen molar-refractivity contribution in [3.63, 3.8) is 0 Å². The number of carbonyl (C=O) groups is 1. The number of amides is 1. The molecule has 0 atom stereocenters. The quantitative estimate of drug-likeness (QED) is 0.106. The molecule has 1 fully saturated rings. The van der Waals surface area contributed by atoms with Crippen molar-refractivity contribution in [1.29, 1.82) is 0 Å². The number of fused-ring (bicyclic) bond motifs is 8. The first-order valence-electron chi connectivity index (χ1n) is 25.7. The topological polar surface area (TPSA) is 88.0 Å². The second-order valence-corrected chi connectivity index (χ2v) is 21.6. The molecule has 1 saturated carbocycles. The summed E-state index contributed by atoms with van der Waals surface area (Å²) in [6.07, 6.45) is 14.9. The molecule has 6 nitrogen and oxygen atoms in total. The number of nitrogens with one attached hydrogen (secondary N) is 1.